The molecule has 2 heterocycles. The lowest BCUT2D eigenvalue weighted by molar-refractivity contribution is -0.0948. The Morgan fingerprint density at radius 3 is 2.77 bits per heavy atom. The van der Waals surface area contributed by atoms with E-state index in [1.165, 1.54) is 6.33 Å². The molecule has 5 atom stereocenters. The van der Waals surface area contributed by atoms with Crippen LogP contribution in [-0.4, -0.2) is 58.3 Å². The van der Waals surface area contributed by atoms with E-state index in [0.717, 1.165) is 0 Å². The number of nitrogens with zero attached hydrogens (tertiary/aromatic N) is 4. The second-order valence-corrected chi connectivity index (χ2v) is 9.77. The molecule has 0 amide bonds. The van der Waals surface area contributed by atoms with E-state index in [1.807, 2.05) is 0 Å². The largest absolute Gasteiger partial charge is 0.390 e. The molecule has 2 aliphatic rings. The number of nitrogen functional groups attached to an aromatic ring is 1. The van der Waals surface area contributed by atoms with Gasteiger partial charge in [0.15, 0.2) is 11.5 Å². The molecular weight excluding hydrogens is 405 g/mol. The van der Waals surface area contributed by atoms with Crippen LogP contribution in [0.4, 0.5) is 5.82 Å². The summed E-state index contributed by atoms with van der Waals surface area (Å²) in [5.41, 5.74) is 5.71. The molecule has 142 valence electrons. The van der Waals surface area contributed by atoms with Gasteiger partial charge in [-0.1, -0.05) is 0 Å². The highest BCUT2D eigenvalue weighted by Gasteiger charge is 2.65. The van der Waals surface area contributed by atoms with Gasteiger partial charge in [0, 0.05) is 5.41 Å². The zero-order valence-corrected chi connectivity index (χ0v) is 15.8. The van der Waals surface area contributed by atoms with Crippen molar-refractivity contribution in [3.63, 3.8) is 0 Å². The highest BCUT2D eigenvalue weighted by atomic mass is 35.5. The first-order valence-corrected chi connectivity index (χ1v) is 10.9. The van der Waals surface area contributed by atoms with Crippen LogP contribution in [0.5, 0.6) is 0 Å². The summed E-state index contributed by atoms with van der Waals surface area (Å²) in [6, 6.07) is -0.548. The fourth-order valence-electron chi connectivity index (χ4n) is 4.28. The van der Waals surface area contributed by atoms with E-state index in [1.54, 1.807) is 4.57 Å². The van der Waals surface area contributed by atoms with Gasteiger partial charge in [0.2, 0.25) is 5.28 Å². The minimum Gasteiger partial charge on any atom is -0.390 e. The number of fused-ring (bicyclic) bond motifs is 2. The topological polar surface area (TPSA) is 160 Å². The standard InChI is InChI=1S/C13H17ClN5O5PS/c14-12-17-10(15)6-11(18-12)19(4-16-6)7-5-1-2-13(5,9(21)8(7)20)3-24-25(22,23)26/h4-5,7-9,20-21H,1-3H2,(H2,15,17,18)(H2,22,23,26)/t5-,7-,8+,9+,13+/m1/s1. The van der Waals surface area contributed by atoms with Crippen LogP contribution in [0.25, 0.3) is 11.2 Å². The predicted octanol–water partition coefficient (Wildman–Crippen LogP) is -0.0395. The summed E-state index contributed by atoms with van der Waals surface area (Å²) >= 11 is 10.4. The molecule has 2 saturated carbocycles. The highest BCUT2D eigenvalue weighted by molar-refractivity contribution is 8.06. The van der Waals surface area contributed by atoms with Crippen LogP contribution in [0, 0.1) is 11.3 Å². The lowest BCUT2D eigenvalue weighted by atomic mass is 9.60. The Bertz CT molecular complexity index is 924. The summed E-state index contributed by atoms with van der Waals surface area (Å²) < 4.78 is 6.65. The van der Waals surface area contributed by atoms with Gasteiger partial charge < -0.3 is 34.8 Å². The van der Waals surface area contributed by atoms with Gasteiger partial charge in [-0.3, -0.25) is 0 Å². The number of halogens is 1. The number of anilines is 1. The molecule has 2 aliphatic carbocycles. The molecule has 0 unspecified atom stereocenters. The van der Waals surface area contributed by atoms with Crippen molar-refractivity contribution in [1.29, 1.82) is 0 Å². The van der Waals surface area contributed by atoms with Gasteiger partial charge in [-0.25, -0.2) is 4.98 Å². The quantitative estimate of drug-likeness (QED) is 0.334. The zero-order chi connectivity index (χ0) is 18.9. The van der Waals surface area contributed by atoms with Gasteiger partial charge in [-0.05, 0) is 42.2 Å². The average Bonchev–Trinajstić information content (AvgIpc) is 2.98. The monoisotopic (exact) mass is 421 g/mol. The van der Waals surface area contributed by atoms with Crippen molar-refractivity contribution >= 4 is 47.1 Å². The number of aromatic nitrogens is 4. The van der Waals surface area contributed by atoms with E-state index in [4.69, 9.17) is 21.9 Å². The van der Waals surface area contributed by atoms with Crippen molar-refractivity contribution in [3.05, 3.63) is 11.6 Å². The normalized spacial score (nSPS) is 34.0. The van der Waals surface area contributed by atoms with Crippen molar-refractivity contribution in [2.45, 2.75) is 31.1 Å². The highest BCUT2D eigenvalue weighted by Crippen LogP contribution is 2.63. The summed E-state index contributed by atoms with van der Waals surface area (Å²) in [5, 5.41) is 21.3. The molecule has 10 nitrogen and oxygen atoms in total. The Hall–Kier alpha value is -0.910. The van der Waals surface area contributed by atoms with Crippen LogP contribution in [0.1, 0.15) is 18.9 Å². The second kappa shape index (κ2) is 6.05. The molecule has 0 aromatic carbocycles. The minimum absolute atomic E-state index is 0.0470. The summed E-state index contributed by atoms with van der Waals surface area (Å²) in [6.07, 6.45) is 0.487. The van der Waals surface area contributed by atoms with E-state index in [2.05, 4.69) is 26.8 Å². The molecular formula is C13H17ClN5O5PS. The first-order valence-electron chi connectivity index (χ1n) is 7.86. The number of aliphatic hydroxyl groups is 2. The number of hydrogen-bond acceptors (Lipinski definition) is 8. The number of aliphatic hydroxyl groups excluding tert-OH is 2. The van der Waals surface area contributed by atoms with Gasteiger partial charge >= 0.3 is 6.72 Å². The molecule has 4 rings (SSSR count). The zero-order valence-electron chi connectivity index (χ0n) is 13.3. The maximum Gasteiger partial charge on any atom is 0.321 e. The van der Waals surface area contributed by atoms with E-state index < -0.39 is 30.4 Å². The summed E-state index contributed by atoms with van der Waals surface area (Å²) in [7, 11) is 0. The molecule has 0 spiro atoms. The molecule has 26 heavy (non-hydrogen) atoms. The maximum absolute atomic E-state index is 10.7. The molecule has 2 fully saturated rings. The Balaban J connectivity index is 1.74. The average molecular weight is 422 g/mol. The van der Waals surface area contributed by atoms with E-state index in [9.17, 15) is 20.0 Å². The lowest BCUT2D eigenvalue weighted by Crippen LogP contribution is -2.49. The van der Waals surface area contributed by atoms with Crippen LogP contribution in [0.2, 0.25) is 5.28 Å². The van der Waals surface area contributed by atoms with Crippen LogP contribution in [-0.2, 0) is 16.3 Å². The molecule has 0 bridgehead atoms. The number of hydrogen-bond donors (Lipinski definition) is 5. The number of rotatable bonds is 4. The van der Waals surface area contributed by atoms with Crippen molar-refractivity contribution in [3.8, 4) is 0 Å². The third-order valence-corrected chi connectivity index (χ3v) is 6.53. The first kappa shape index (κ1) is 18.5. The fourth-order valence-corrected chi connectivity index (χ4v) is 5.02. The van der Waals surface area contributed by atoms with E-state index >= 15 is 0 Å². The first-order chi connectivity index (χ1) is 12.1. The predicted molar refractivity (Wildman–Crippen MR) is 95.6 cm³/mol. The molecule has 0 radical (unpaired) electrons. The second-order valence-electron chi connectivity index (χ2n) is 6.77. The van der Waals surface area contributed by atoms with E-state index in [-0.39, 0.29) is 23.6 Å². The van der Waals surface area contributed by atoms with Crippen molar-refractivity contribution < 1.29 is 24.5 Å². The van der Waals surface area contributed by atoms with Gasteiger partial charge in [0.1, 0.15) is 11.6 Å². The van der Waals surface area contributed by atoms with Crippen LogP contribution in [0.15, 0.2) is 6.33 Å². The van der Waals surface area contributed by atoms with Crippen LogP contribution >= 0.6 is 18.3 Å². The molecule has 0 saturated heterocycles. The summed E-state index contributed by atoms with van der Waals surface area (Å²) in [4.78, 5) is 30.9. The van der Waals surface area contributed by atoms with Crippen LogP contribution in [0.3, 0.4) is 0 Å². The fraction of sp³-hybridized carbons (Fsp3) is 0.615. The summed E-state index contributed by atoms with van der Waals surface area (Å²) in [6.45, 7) is -4.02. The summed E-state index contributed by atoms with van der Waals surface area (Å²) in [5.74, 6) is -0.0716. The van der Waals surface area contributed by atoms with Crippen molar-refractivity contribution in [2.24, 2.45) is 11.3 Å². The van der Waals surface area contributed by atoms with Gasteiger partial charge in [-0.2, -0.15) is 9.97 Å². The number of imidazole rings is 1. The molecule has 2 aromatic rings. The Morgan fingerprint density at radius 2 is 2.15 bits per heavy atom. The third kappa shape index (κ3) is 2.66. The van der Waals surface area contributed by atoms with Crippen LogP contribution < -0.4 is 5.73 Å². The molecule has 13 heteroatoms. The van der Waals surface area contributed by atoms with Gasteiger partial charge in [-0.15, -0.1) is 0 Å². The number of nitrogens with two attached hydrogens (primary N) is 1. The third-order valence-electron chi connectivity index (χ3n) is 5.58. The Kier molecular flexibility index (Phi) is 4.29. The molecule has 6 N–H and O–H groups in total. The minimum atomic E-state index is -3.86. The Morgan fingerprint density at radius 1 is 1.42 bits per heavy atom. The maximum atomic E-state index is 10.7. The van der Waals surface area contributed by atoms with E-state index in [0.29, 0.717) is 24.0 Å². The SMILES string of the molecule is Nc1nc(Cl)nc2c1ncn2[C@H]1[C@H](O)[C@H](O)[C@]2(COP(O)(O)=S)CC[C@H]12. The smallest absolute Gasteiger partial charge is 0.321 e. The van der Waals surface area contributed by atoms with Crippen molar-refractivity contribution in [2.75, 3.05) is 12.3 Å². The Labute approximate surface area is 157 Å². The van der Waals surface area contributed by atoms with Gasteiger partial charge in [0.25, 0.3) is 0 Å². The molecule has 2 aromatic heterocycles. The lowest BCUT2D eigenvalue weighted by Gasteiger charge is -2.47. The van der Waals surface area contributed by atoms with Gasteiger partial charge in [0.05, 0.1) is 25.1 Å². The van der Waals surface area contributed by atoms with Crippen molar-refractivity contribution in [1.82, 2.24) is 19.5 Å². The molecule has 0 aliphatic heterocycles.